The van der Waals surface area contributed by atoms with E-state index in [1.54, 1.807) is 6.07 Å². The van der Waals surface area contributed by atoms with Crippen LogP contribution >= 0.6 is 34.2 Å². The topological polar surface area (TPSA) is 20.2 Å². The SMILES string of the molecule is CCCC(I)CCCc1ccc(O)c(Cl)c1F. The van der Waals surface area contributed by atoms with Crippen LogP contribution in [0.5, 0.6) is 5.75 Å². The Morgan fingerprint density at radius 3 is 2.76 bits per heavy atom. The summed E-state index contributed by atoms with van der Waals surface area (Å²) in [5, 5.41) is 9.07. The first-order chi connectivity index (χ1) is 8.06. The van der Waals surface area contributed by atoms with Gasteiger partial charge in [-0.2, -0.15) is 0 Å². The largest absolute Gasteiger partial charge is 0.506 e. The Labute approximate surface area is 121 Å². The lowest BCUT2D eigenvalue weighted by molar-refractivity contribution is 0.468. The van der Waals surface area contributed by atoms with E-state index in [9.17, 15) is 9.50 Å². The molecule has 0 aliphatic heterocycles. The lowest BCUT2D eigenvalue weighted by Gasteiger charge is -2.09. The van der Waals surface area contributed by atoms with E-state index >= 15 is 0 Å². The van der Waals surface area contributed by atoms with Gasteiger partial charge in [0.2, 0.25) is 0 Å². The van der Waals surface area contributed by atoms with Gasteiger partial charge in [-0.3, -0.25) is 0 Å². The van der Waals surface area contributed by atoms with Gasteiger partial charge in [0.15, 0.2) is 0 Å². The average molecular weight is 371 g/mol. The molecular formula is C13H17ClFIO. The van der Waals surface area contributed by atoms with Crippen molar-refractivity contribution in [3.05, 3.63) is 28.5 Å². The maximum Gasteiger partial charge on any atom is 0.148 e. The summed E-state index contributed by atoms with van der Waals surface area (Å²) in [7, 11) is 0. The summed E-state index contributed by atoms with van der Waals surface area (Å²) >= 11 is 8.09. The van der Waals surface area contributed by atoms with Gasteiger partial charge in [-0.1, -0.05) is 53.6 Å². The minimum atomic E-state index is -0.479. The van der Waals surface area contributed by atoms with Crippen LogP contribution in [0.3, 0.4) is 0 Å². The van der Waals surface area contributed by atoms with Crippen LogP contribution in [-0.2, 0) is 6.42 Å². The van der Waals surface area contributed by atoms with Gasteiger partial charge in [0.05, 0.1) is 0 Å². The number of alkyl halides is 1. The van der Waals surface area contributed by atoms with Crippen molar-refractivity contribution in [1.29, 1.82) is 0 Å². The number of phenolic OH excluding ortho intramolecular Hbond substituents is 1. The van der Waals surface area contributed by atoms with Crippen molar-refractivity contribution in [2.24, 2.45) is 0 Å². The lowest BCUT2D eigenvalue weighted by Crippen LogP contribution is -1.99. The van der Waals surface area contributed by atoms with Gasteiger partial charge in [-0.05, 0) is 37.3 Å². The van der Waals surface area contributed by atoms with Crippen molar-refractivity contribution in [1.82, 2.24) is 0 Å². The second-order valence-electron chi connectivity index (χ2n) is 4.15. The van der Waals surface area contributed by atoms with Crippen molar-refractivity contribution in [2.75, 3.05) is 0 Å². The first-order valence-electron chi connectivity index (χ1n) is 5.86. The molecule has 0 amide bonds. The van der Waals surface area contributed by atoms with Crippen molar-refractivity contribution < 1.29 is 9.50 Å². The Hall–Kier alpha value is -0.0300. The average Bonchev–Trinajstić information content (AvgIpc) is 2.29. The smallest absolute Gasteiger partial charge is 0.148 e. The third-order valence-corrected chi connectivity index (χ3v) is 4.31. The Kier molecular flexibility index (Phi) is 6.55. The molecule has 4 heteroatoms. The molecule has 1 rings (SSSR count). The summed E-state index contributed by atoms with van der Waals surface area (Å²) in [6, 6.07) is 3.06. The third-order valence-electron chi connectivity index (χ3n) is 2.71. The molecular weight excluding hydrogens is 353 g/mol. The minimum absolute atomic E-state index is 0.165. The highest BCUT2D eigenvalue weighted by Crippen LogP contribution is 2.29. The predicted molar refractivity (Wildman–Crippen MR) is 78.7 cm³/mol. The number of rotatable bonds is 6. The Balaban J connectivity index is 2.50. The molecule has 0 aliphatic carbocycles. The zero-order valence-corrected chi connectivity index (χ0v) is 12.8. The van der Waals surface area contributed by atoms with Crippen LogP contribution in [0.15, 0.2) is 12.1 Å². The summed E-state index contributed by atoms with van der Waals surface area (Å²) in [5.41, 5.74) is 0.591. The first-order valence-corrected chi connectivity index (χ1v) is 7.48. The maximum absolute atomic E-state index is 13.6. The molecule has 96 valence electrons. The van der Waals surface area contributed by atoms with Gasteiger partial charge in [-0.15, -0.1) is 0 Å². The summed E-state index contributed by atoms with van der Waals surface area (Å²) < 4.78 is 14.3. The Morgan fingerprint density at radius 1 is 1.41 bits per heavy atom. The summed E-state index contributed by atoms with van der Waals surface area (Å²) in [6.45, 7) is 2.17. The molecule has 1 N–H and O–H groups in total. The predicted octanol–water partition coefficient (Wildman–Crippen LogP) is 5.11. The fourth-order valence-electron chi connectivity index (χ4n) is 1.74. The van der Waals surface area contributed by atoms with Crippen molar-refractivity contribution in [3.63, 3.8) is 0 Å². The molecule has 1 atom stereocenters. The first kappa shape index (κ1) is 15.0. The number of benzene rings is 1. The van der Waals surface area contributed by atoms with Crippen LogP contribution in [0.25, 0.3) is 0 Å². The van der Waals surface area contributed by atoms with E-state index in [1.165, 1.54) is 18.9 Å². The van der Waals surface area contributed by atoms with Crippen LogP contribution in [0.1, 0.15) is 38.2 Å². The molecule has 0 radical (unpaired) electrons. The van der Waals surface area contributed by atoms with Crippen molar-refractivity contribution in [3.8, 4) is 5.75 Å². The number of aromatic hydroxyl groups is 1. The number of hydrogen-bond donors (Lipinski definition) is 1. The number of aryl methyl sites for hydroxylation is 1. The molecule has 0 aromatic heterocycles. The zero-order chi connectivity index (χ0) is 12.8. The normalized spacial score (nSPS) is 12.7. The van der Waals surface area contributed by atoms with Crippen LogP contribution in [0.4, 0.5) is 4.39 Å². The van der Waals surface area contributed by atoms with Gasteiger partial charge in [0, 0.05) is 3.92 Å². The number of phenols is 1. The molecule has 0 heterocycles. The van der Waals surface area contributed by atoms with E-state index in [1.807, 2.05) is 0 Å². The number of hydrogen-bond acceptors (Lipinski definition) is 1. The summed E-state index contributed by atoms with van der Waals surface area (Å²) in [4.78, 5) is 0. The molecule has 0 aliphatic rings. The van der Waals surface area contributed by atoms with Gasteiger partial charge >= 0.3 is 0 Å². The standard InChI is InChI=1S/C13H17ClFIO/c1-2-4-10(16)6-3-5-9-7-8-11(17)12(14)13(9)15/h7-8,10,17H,2-6H2,1H3. The minimum Gasteiger partial charge on any atom is -0.506 e. The third kappa shape index (κ3) is 4.62. The van der Waals surface area contributed by atoms with Gasteiger partial charge in [-0.25, -0.2) is 4.39 Å². The molecule has 1 aromatic carbocycles. The van der Waals surface area contributed by atoms with E-state index in [0.717, 1.165) is 12.8 Å². The molecule has 17 heavy (non-hydrogen) atoms. The zero-order valence-electron chi connectivity index (χ0n) is 9.85. The highest BCUT2D eigenvalue weighted by atomic mass is 127. The maximum atomic E-state index is 13.6. The molecule has 1 unspecified atom stereocenters. The van der Waals surface area contributed by atoms with Gasteiger partial charge in [0.25, 0.3) is 0 Å². The van der Waals surface area contributed by atoms with Gasteiger partial charge in [0.1, 0.15) is 16.6 Å². The second-order valence-corrected chi connectivity index (χ2v) is 6.29. The number of halogens is 3. The molecule has 1 aromatic rings. The Morgan fingerprint density at radius 2 is 2.12 bits per heavy atom. The Bertz CT molecular complexity index is 371. The highest BCUT2D eigenvalue weighted by Gasteiger charge is 2.11. The van der Waals surface area contributed by atoms with Crippen LogP contribution in [-0.4, -0.2) is 9.03 Å². The molecule has 0 saturated carbocycles. The molecule has 0 bridgehead atoms. The van der Waals surface area contributed by atoms with Crippen LogP contribution in [0, 0.1) is 5.82 Å². The summed E-state index contributed by atoms with van der Waals surface area (Å²) in [6.07, 6.45) is 5.11. The molecule has 0 fully saturated rings. The lowest BCUT2D eigenvalue weighted by atomic mass is 10.0. The van der Waals surface area contributed by atoms with Gasteiger partial charge < -0.3 is 5.11 Å². The molecule has 0 spiro atoms. The van der Waals surface area contributed by atoms with E-state index in [-0.39, 0.29) is 10.8 Å². The fourth-order valence-corrected chi connectivity index (χ4v) is 2.99. The van der Waals surface area contributed by atoms with E-state index in [4.69, 9.17) is 11.6 Å². The highest BCUT2D eigenvalue weighted by molar-refractivity contribution is 14.1. The van der Waals surface area contributed by atoms with Crippen molar-refractivity contribution in [2.45, 2.75) is 43.0 Å². The molecule has 1 nitrogen and oxygen atoms in total. The fraction of sp³-hybridized carbons (Fsp3) is 0.538. The van der Waals surface area contributed by atoms with E-state index in [0.29, 0.717) is 15.9 Å². The quantitative estimate of drug-likeness (QED) is 0.545. The molecule has 0 saturated heterocycles. The second kappa shape index (κ2) is 7.41. The van der Waals surface area contributed by atoms with E-state index < -0.39 is 5.82 Å². The van der Waals surface area contributed by atoms with Crippen LogP contribution in [0.2, 0.25) is 5.02 Å². The summed E-state index contributed by atoms with van der Waals surface area (Å²) in [5.74, 6) is -0.669. The van der Waals surface area contributed by atoms with Crippen molar-refractivity contribution >= 4 is 34.2 Å². The monoisotopic (exact) mass is 370 g/mol. The van der Waals surface area contributed by atoms with E-state index in [2.05, 4.69) is 29.5 Å². The van der Waals surface area contributed by atoms with Crippen LogP contribution < -0.4 is 0 Å².